The number of H-pyrrole nitrogens is 1. The second kappa shape index (κ2) is 9.68. The van der Waals surface area contributed by atoms with E-state index in [1.165, 1.54) is 42.7 Å². The number of rotatable bonds is 5. The molecule has 1 amide bonds. The molecule has 8 nitrogen and oxygen atoms in total. The van der Waals surface area contributed by atoms with Crippen molar-refractivity contribution in [2.45, 2.75) is 6.10 Å². The van der Waals surface area contributed by atoms with Crippen LogP contribution in [-0.4, -0.2) is 31.7 Å². The summed E-state index contributed by atoms with van der Waals surface area (Å²) in [4.78, 5) is 36.2. The third-order valence-electron chi connectivity index (χ3n) is 4.63. The molecule has 0 spiro atoms. The molecule has 0 saturated carbocycles. The van der Waals surface area contributed by atoms with E-state index in [4.69, 9.17) is 34.8 Å². The van der Waals surface area contributed by atoms with E-state index in [0.29, 0.717) is 21.1 Å². The zero-order chi connectivity index (χ0) is 23.5. The Morgan fingerprint density at radius 1 is 1.03 bits per heavy atom. The van der Waals surface area contributed by atoms with Crippen LogP contribution in [0.5, 0.6) is 0 Å². The number of carbonyl (C=O) groups is 1. The Kier molecular flexibility index (Phi) is 6.71. The van der Waals surface area contributed by atoms with Crippen LogP contribution in [0.25, 0.3) is 11.0 Å². The number of halogens is 3. The largest absolute Gasteiger partial charge is 0.382 e. The van der Waals surface area contributed by atoms with Gasteiger partial charge in [0.2, 0.25) is 0 Å². The molecule has 4 rings (SSSR count). The second-order valence-corrected chi connectivity index (χ2v) is 8.10. The number of nitrogens with one attached hydrogen (secondary N) is 2. The highest BCUT2D eigenvalue weighted by atomic mass is 35.5. The van der Waals surface area contributed by atoms with E-state index in [9.17, 15) is 14.7 Å². The fourth-order valence-corrected chi connectivity index (χ4v) is 3.71. The molecule has 0 aliphatic carbocycles. The Balaban J connectivity index is 1.82. The maximum Gasteiger partial charge on any atom is 0.276 e. The Labute approximate surface area is 201 Å². The molecule has 0 fully saturated rings. The highest BCUT2D eigenvalue weighted by Crippen LogP contribution is 2.28. The second-order valence-electron chi connectivity index (χ2n) is 6.82. The third-order valence-corrected chi connectivity index (χ3v) is 5.43. The number of aromatic nitrogens is 3. The van der Waals surface area contributed by atoms with Gasteiger partial charge in [-0.05, 0) is 42.5 Å². The van der Waals surface area contributed by atoms with Crippen molar-refractivity contribution in [2.75, 3.05) is 0 Å². The van der Waals surface area contributed by atoms with E-state index >= 15 is 0 Å². The quantitative estimate of drug-likeness (QED) is 0.280. The van der Waals surface area contributed by atoms with Crippen LogP contribution in [0.1, 0.15) is 27.7 Å². The molecular formula is C22H14Cl3N5O3. The fourth-order valence-electron chi connectivity index (χ4n) is 3.03. The summed E-state index contributed by atoms with van der Waals surface area (Å²) in [6.07, 6.45) is 1.39. The van der Waals surface area contributed by atoms with Gasteiger partial charge in [-0.25, -0.2) is 10.4 Å². The first kappa shape index (κ1) is 22.9. The predicted octanol–water partition coefficient (Wildman–Crippen LogP) is 4.15. The van der Waals surface area contributed by atoms with Crippen LogP contribution < -0.4 is 11.0 Å². The van der Waals surface area contributed by atoms with Gasteiger partial charge in [-0.3, -0.25) is 14.6 Å². The average Bonchev–Trinajstić information content (AvgIpc) is 2.79. The molecule has 0 unspecified atom stereocenters. The Morgan fingerprint density at radius 2 is 1.73 bits per heavy atom. The molecule has 0 bridgehead atoms. The van der Waals surface area contributed by atoms with Crippen molar-refractivity contribution in [3.05, 3.63) is 103 Å². The zero-order valence-corrected chi connectivity index (χ0v) is 18.9. The van der Waals surface area contributed by atoms with Gasteiger partial charge in [0.05, 0.1) is 11.0 Å². The Morgan fingerprint density at radius 3 is 2.45 bits per heavy atom. The zero-order valence-electron chi connectivity index (χ0n) is 16.6. The molecule has 166 valence electrons. The normalized spacial score (nSPS) is 12.5. The number of benzene rings is 2. The molecule has 1 atom stereocenters. The van der Waals surface area contributed by atoms with Gasteiger partial charge in [0.1, 0.15) is 11.8 Å². The van der Waals surface area contributed by atoms with E-state index in [1.54, 1.807) is 18.2 Å². The Hall–Kier alpha value is -3.30. The van der Waals surface area contributed by atoms with Crippen molar-refractivity contribution >= 4 is 57.5 Å². The number of amides is 1. The van der Waals surface area contributed by atoms with E-state index in [2.05, 4.69) is 25.5 Å². The SMILES string of the molecule is O=C(N/N=C(\c1nc2ccc(Cl)cc2[nH]c1=O)[C@H](O)c1ccc(Cl)cc1Cl)c1ccncc1. The molecule has 0 saturated heterocycles. The van der Waals surface area contributed by atoms with Crippen molar-refractivity contribution < 1.29 is 9.90 Å². The number of carbonyl (C=O) groups excluding carboxylic acids is 1. The van der Waals surface area contributed by atoms with E-state index in [0.717, 1.165) is 0 Å². The summed E-state index contributed by atoms with van der Waals surface area (Å²) in [5, 5.41) is 16.1. The molecule has 4 aromatic rings. The van der Waals surface area contributed by atoms with Crippen LogP contribution in [0.4, 0.5) is 0 Å². The number of hydrogen-bond acceptors (Lipinski definition) is 6. The number of fused-ring (bicyclic) bond motifs is 1. The smallest absolute Gasteiger partial charge is 0.276 e. The minimum absolute atomic E-state index is 0.146. The number of pyridine rings is 1. The molecule has 33 heavy (non-hydrogen) atoms. The van der Waals surface area contributed by atoms with E-state index in [-0.39, 0.29) is 27.6 Å². The highest BCUT2D eigenvalue weighted by molar-refractivity contribution is 6.35. The van der Waals surface area contributed by atoms with Gasteiger partial charge in [0.15, 0.2) is 5.69 Å². The van der Waals surface area contributed by atoms with Crippen molar-refractivity contribution in [1.82, 2.24) is 20.4 Å². The summed E-state index contributed by atoms with van der Waals surface area (Å²) in [6, 6.07) is 12.2. The number of nitrogens with zero attached hydrogens (tertiary/aromatic N) is 3. The van der Waals surface area contributed by atoms with Crippen LogP contribution in [-0.2, 0) is 0 Å². The van der Waals surface area contributed by atoms with Crippen molar-refractivity contribution in [1.29, 1.82) is 0 Å². The van der Waals surface area contributed by atoms with Crippen LogP contribution in [0.2, 0.25) is 15.1 Å². The number of aromatic amines is 1. The van der Waals surface area contributed by atoms with Gasteiger partial charge in [0.25, 0.3) is 11.5 Å². The average molecular weight is 503 g/mol. The molecule has 2 heterocycles. The van der Waals surface area contributed by atoms with E-state index in [1.807, 2.05) is 0 Å². The van der Waals surface area contributed by atoms with Gasteiger partial charge in [-0.1, -0.05) is 40.9 Å². The molecule has 0 aliphatic rings. The lowest BCUT2D eigenvalue weighted by Gasteiger charge is -2.16. The van der Waals surface area contributed by atoms with Crippen LogP contribution >= 0.6 is 34.8 Å². The molecular weight excluding hydrogens is 489 g/mol. The van der Waals surface area contributed by atoms with Crippen molar-refractivity contribution in [3.63, 3.8) is 0 Å². The minimum atomic E-state index is -1.51. The lowest BCUT2D eigenvalue weighted by atomic mass is 10.0. The summed E-state index contributed by atoms with van der Waals surface area (Å²) >= 11 is 18.2. The van der Waals surface area contributed by atoms with Gasteiger partial charge in [-0.15, -0.1) is 0 Å². The van der Waals surface area contributed by atoms with E-state index < -0.39 is 17.6 Å². The first-order chi connectivity index (χ1) is 15.8. The number of aliphatic hydroxyl groups is 1. The first-order valence-corrected chi connectivity index (χ1v) is 10.6. The highest BCUT2D eigenvalue weighted by Gasteiger charge is 2.25. The summed E-state index contributed by atoms with van der Waals surface area (Å²) in [6.45, 7) is 0. The van der Waals surface area contributed by atoms with Crippen LogP contribution in [0.3, 0.4) is 0 Å². The standard InChI is InChI=1S/C22H14Cl3N5O3/c23-12-1-3-14(15(25)9-12)20(31)18(29-30-21(32)11-5-7-26-8-6-11)19-22(33)28-17-10-13(24)2-4-16(17)27-19/h1-10,20,31H,(H,28,33)(H,30,32)/b29-18+/t20-/m1/s1. The van der Waals surface area contributed by atoms with Gasteiger partial charge in [-0.2, -0.15) is 5.10 Å². The first-order valence-electron chi connectivity index (χ1n) is 9.44. The monoisotopic (exact) mass is 501 g/mol. The molecule has 2 aromatic heterocycles. The Bertz CT molecular complexity index is 1440. The minimum Gasteiger partial charge on any atom is -0.382 e. The summed E-state index contributed by atoms with van der Waals surface area (Å²) in [7, 11) is 0. The van der Waals surface area contributed by atoms with Gasteiger partial charge in [0, 0.05) is 38.6 Å². The fraction of sp³-hybridized carbons (Fsp3) is 0.0455. The van der Waals surface area contributed by atoms with Gasteiger partial charge >= 0.3 is 0 Å². The maximum absolute atomic E-state index is 12.8. The summed E-state index contributed by atoms with van der Waals surface area (Å²) in [5.41, 5.74) is 2.56. The number of hydrogen-bond donors (Lipinski definition) is 3. The molecule has 2 aromatic carbocycles. The number of hydrazone groups is 1. The summed E-state index contributed by atoms with van der Waals surface area (Å²) in [5.74, 6) is -0.576. The maximum atomic E-state index is 12.8. The lowest BCUT2D eigenvalue weighted by molar-refractivity contribution is 0.0954. The molecule has 0 radical (unpaired) electrons. The third kappa shape index (κ3) is 5.04. The van der Waals surface area contributed by atoms with Crippen molar-refractivity contribution in [3.8, 4) is 0 Å². The van der Waals surface area contributed by atoms with Crippen LogP contribution in [0.15, 0.2) is 70.8 Å². The molecule has 3 N–H and O–H groups in total. The number of aliphatic hydroxyl groups excluding tert-OH is 1. The van der Waals surface area contributed by atoms with Crippen molar-refractivity contribution in [2.24, 2.45) is 5.10 Å². The molecule has 11 heteroatoms. The topological polar surface area (TPSA) is 120 Å². The lowest BCUT2D eigenvalue weighted by Crippen LogP contribution is -2.29. The van der Waals surface area contributed by atoms with Gasteiger partial charge < -0.3 is 10.1 Å². The predicted molar refractivity (Wildman–Crippen MR) is 127 cm³/mol. The molecule has 0 aliphatic heterocycles. The summed E-state index contributed by atoms with van der Waals surface area (Å²) < 4.78 is 0. The van der Waals surface area contributed by atoms with Crippen LogP contribution in [0, 0.1) is 0 Å².